The molecule has 7 nitrogen and oxygen atoms in total. The molecule has 3 rings (SSSR count). The Morgan fingerprint density at radius 2 is 1.86 bits per heavy atom. The highest BCUT2D eigenvalue weighted by Gasteiger charge is 2.19. The normalized spacial score (nSPS) is 11.3. The molecule has 0 aliphatic heterocycles. The smallest absolute Gasteiger partial charge is 0.248 e. The van der Waals surface area contributed by atoms with Crippen molar-refractivity contribution < 1.29 is 13.2 Å². The lowest BCUT2D eigenvalue weighted by molar-refractivity contribution is 0.100. The maximum Gasteiger partial charge on any atom is 0.248 e. The van der Waals surface area contributed by atoms with Gasteiger partial charge < -0.3 is 10.3 Å². The second kappa shape index (κ2) is 7.37. The lowest BCUT2D eigenvalue weighted by Crippen LogP contribution is -2.14. The number of anilines is 1. The number of carbonyl (C=O) groups is 1. The zero-order valence-electron chi connectivity index (χ0n) is 15.6. The molecule has 0 aliphatic rings. The van der Waals surface area contributed by atoms with Gasteiger partial charge in [-0.1, -0.05) is 18.2 Å². The summed E-state index contributed by atoms with van der Waals surface area (Å²) in [6, 6.07) is 14.1. The molecule has 3 N–H and O–H groups in total. The van der Waals surface area contributed by atoms with Crippen LogP contribution in [-0.2, 0) is 16.6 Å². The molecule has 144 valence electrons. The van der Waals surface area contributed by atoms with Gasteiger partial charge in [-0.3, -0.25) is 9.52 Å². The maximum atomic E-state index is 11.7. The van der Waals surface area contributed by atoms with E-state index in [1.807, 2.05) is 11.5 Å². The number of hydrogen-bond acceptors (Lipinski definition) is 4. The molecule has 0 saturated carbocycles. The minimum atomic E-state index is -3.36. The van der Waals surface area contributed by atoms with E-state index in [0.717, 1.165) is 16.5 Å². The summed E-state index contributed by atoms with van der Waals surface area (Å²) < 4.78 is 27.9. The average Bonchev–Trinajstić information content (AvgIpc) is 3.00. The third-order valence-corrected chi connectivity index (χ3v) is 5.90. The van der Waals surface area contributed by atoms with Crippen molar-refractivity contribution in [3.8, 4) is 17.3 Å². The number of carbonyl (C=O) groups excluding carboxylic acids is 1. The molecule has 0 unspecified atom stereocenters. The van der Waals surface area contributed by atoms with E-state index in [0.29, 0.717) is 29.1 Å². The number of fused-ring (bicyclic) bond motifs is 1. The van der Waals surface area contributed by atoms with Crippen LogP contribution >= 0.6 is 0 Å². The van der Waals surface area contributed by atoms with Crippen LogP contribution in [0.5, 0.6) is 0 Å². The summed E-state index contributed by atoms with van der Waals surface area (Å²) in [6.07, 6.45) is 0. The highest BCUT2D eigenvalue weighted by atomic mass is 32.2. The van der Waals surface area contributed by atoms with Gasteiger partial charge in [-0.05, 0) is 43.7 Å². The van der Waals surface area contributed by atoms with Crippen molar-refractivity contribution in [2.45, 2.75) is 20.4 Å². The summed E-state index contributed by atoms with van der Waals surface area (Å²) in [5.41, 5.74) is 8.96. The Morgan fingerprint density at radius 1 is 1.18 bits per heavy atom. The quantitative estimate of drug-likeness (QED) is 0.665. The molecule has 1 amide bonds. The van der Waals surface area contributed by atoms with Crippen molar-refractivity contribution in [2.24, 2.45) is 5.73 Å². The predicted molar refractivity (Wildman–Crippen MR) is 109 cm³/mol. The van der Waals surface area contributed by atoms with Crippen molar-refractivity contribution in [1.29, 1.82) is 5.26 Å². The summed E-state index contributed by atoms with van der Waals surface area (Å²) >= 11 is 0. The van der Waals surface area contributed by atoms with E-state index in [4.69, 9.17) is 5.73 Å². The molecule has 0 saturated heterocycles. The maximum absolute atomic E-state index is 11.7. The monoisotopic (exact) mass is 396 g/mol. The van der Waals surface area contributed by atoms with Gasteiger partial charge in [0.2, 0.25) is 15.9 Å². The summed E-state index contributed by atoms with van der Waals surface area (Å²) in [5, 5.41) is 10.5. The number of benzene rings is 2. The van der Waals surface area contributed by atoms with Gasteiger partial charge >= 0.3 is 0 Å². The molecular weight excluding hydrogens is 376 g/mol. The van der Waals surface area contributed by atoms with Crippen molar-refractivity contribution in [2.75, 3.05) is 10.5 Å². The van der Waals surface area contributed by atoms with Crippen LogP contribution in [0.15, 0.2) is 42.5 Å². The van der Waals surface area contributed by atoms with Crippen LogP contribution in [-0.4, -0.2) is 24.6 Å². The standard InChI is InChI=1S/C20H20N4O3S/c1-3-24-18-11-14(20(22)25)7-10-16(18)17(12-21)19(24)13-5-8-15(9-6-13)23-28(26,27)4-2/h5-11,23H,3-4H2,1-2H3,(H2,22,25). The number of primary amides is 1. The van der Waals surface area contributed by atoms with Gasteiger partial charge in [-0.15, -0.1) is 0 Å². The number of amides is 1. The number of nitrogens with one attached hydrogen (secondary N) is 1. The first-order valence-electron chi connectivity index (χ1n) is 8.78. The Balaban J connectivity index is 2.17. The highest BCUT2D eigenvalue weighted by Crippen LogP contribution is 2.34. The molecule has 1 aromatic heterocycles. The van der Waals surface area contributed by atoms with Crippen molar-refractivity contribution in [3.63, 3.8) is 0 Å². The number of nitriles is 1. The fraction of sp³-hybridized carbons (Fsp3) is 0.200. The topological polar surface area (TPSA) is 118 Å². The minimum Gasteiger partial charge on any atom is -0.366 e. The number of nitrogens with two attached hydrogens (primary N) is 1. The van der Waals surface area contributed by atoms with E-state index >= 15 is 0 Å². The minimum absolute atomic E-state index is 0.0143. The molecule has 28 heavy (non-hydrogen) atoms. The van der Waals surface area contributed by atoms with Crippen LogP contribution < -0.4 is 10.5 Å². The highest BCUT2D eigenvalue weighted by molar-refractivity contribution is 7.92. The van der Waals surface area contributed by atoms with Crippen LogP contribution in [0.4, 0.5) is 5.69 Å². The molecule has 0 atom stereocenters. The zero-order chi connectivity index (χ0) is 20.5. The molecule has 1 heterocycles. The van der Waals surface area contributed by atoms with Gasteiger partial charge in [0.15, 0.2) is 0 Å². The van der Waals surface area contributed by atoms with Gasteiger partial charge in [0.25, 0.3) is 0 Å². The first kappa shape index (κ1) is 19.5. The number of aromatic nitrogens is 1. The Kier molecular flexibility index (Phi) is 5.12. The van der Waals surface area contributed by atoms with Crippen LogP contribution in [0.1, 0.15) is 29.8 Å². The molecule has 0 spiro atoms. The van der Waals surface area contributed by atoms with E-state index in [-0.39, 0.29) is 5.75 Å². The summed E-state index contributed by atoms with van der Waals surface area (Å²) in [6.45, 7) is 4.10. The fourth-order valence-corrected chi connectivity index (χ4v) is 3.83. The average molecular weight is 396 g/mol. The van der Waals surface area contributed by atoms with E-state index < -0.39 is 15.9 Å². The second-order valence-electron chi connectivity index (χ2n) is 6.26. The molecule has 3 aromatic rings. The second-order valence-corrected chi connectivity index (χ2v) is 8.27. The van der Waals surface area contributed by atoms with E-state index in [1.165, 1.54) is 0 Å². The molecule has 0 fully saturated rings. The van der Waals surface area contributed by atoms with E-state index in [9.17, 15) is 18.5 Å². The Morgan fingerprint density at radius 3 is 2.39 bits per heavy atom. The summed E-state index contributed by atoms with van der Waals surface area (Å²) in [5.74, 6) is -0.544. The SMILES string of the molecule is CCn1c(-c2ccc(NS(=O)(=O)CC)cc2)c(C#N)c2ccc(C(N)=O)cc21. The van der Waals surface area contributed by atoms with Crippen molar-refractivity contribution >= 4 is 32.5 Å². The van der Waals surface area contributed by atoms with Crippen LogP contribution in [0.3, 0.4) is 0 Å². The van der Waals surface area contributed by atoms with Gasteiger partial charge in [0.1, 0.15) is 6.07 Å². The number of aryl methyl sites for hydroxylation is 1. The van der Waals surface area contributed by atoms with Crippen LogP contribution in [0.2, 0.25) is 0 Å². The van der Waals surface area contributed by atoms with Gasteiger partial charge in [-0.25, -0.2) is 8.42 Å². The molecule has 8 heteroatoms. The number of nitrogens with zero attached hydrogens (tertiary/aromatic N) is 2. The summed E-state index contributed by atoms with van der Waals surface area (Å²) in [4.78, 5) is 11.5. The zero-order valence-corrected chi connectivity index (χ0v) is 16.4. The van der Waals surface area contributed by atoms with Gasteiger partial charge in [-0.2, -0.15) is 5.26 Å². The number of hydrogen-bond donors (Lipinski definition) is 2. The largest absolute Gasteiger partial charge is 0.366 e. The Hall–Kier alpha value is -3.31. The van der Waals surface area contributed by atoms with Crippen LogP contribution in [0, 0.1) is 11.3 Å². The lowest BCUT2D eigenvalue weighted by atomic mass is 10.0. The van der Waals surface area contributed by atoms with Gasteiger partial charge in [0.05, 0.1) is 22.5 Å². The lowest BCUT2D eigenvalue weighted by Gasteiger charge is -2.11. The Labute approximate surface area is 163 Å². The first-order valence-corrected chi connectivity index (χ1v) is 10.4. The predicted octanol–water partition coefficient (Wildman–Crippen LogP) is 3.06. The first-order chi connectivity index (χ1) is 13.3. The van der Waals surface area contributed by atoms with Crippen molar-refractivity contribution in [1.82, 2.24) is 4.57 Å². The fourth-order valence-electron chi connectivity index (χ4n) is 3.19. The Bertz CT molecular complexity index is 1200. The molecule has 0 radical (unpaired) electrons. The molecule has 2 aromatic carbocycles. The summed E-state index contributed by atoms with van der Waals surface area (Å²) in [7, 11) is -3.36. The third kappa shape index (κ3) is 3.44. The van der Waals surface area contributed by atoms with E-state index in [2.05, 4.69) is 10.8 Å². The molecule has 0 aliphatic carbocycles. The number of sulfonamides is 1. The van der Waals surface area contributed by atoms with E-state index in [1.54, 1.807) is 49.4 Å². The van der Waals surface area contributed by atoms with Crippen LogP contribution in [0.25, 0.3) is 22.2 Å². The molecular formula is C20H20N4O3S. The third-order valence-electron chi connectivity index (χ3n) is 4.59. The van der Waals surface area contributed by atoms with Gasteiger partial charge in [0, 0.05) is 23.2 Å². The van der Waals surface area contributed by atoms with Crippen molar-refractivity contribution in [3.05, 3.63) is 53.6 Å². The number of rotatable bonds is 6. The molecule has 0 bridgehead atoms.